The summed E-state index contributed by atoms with van der Waals surface area (Å²) in [5.41, 5.74) is 9.10. The molecule has 4 nitrogen and oxygen atoms in total. The van der Waals surface area contributed by atoms with E-state index in [9.17, 15) is 4.79 Å². The zero-order chi connectivity index (χ0) is 16.4. The number of aromatic nitrogens is 2. The van der Waals surface area contributed by atoms with Crippen molar-refractivity contribution in [3.8, 4) is 0 Å². The molecule has 0 aliphatic rings. The van der Waals surface area contributed by atoms with E-state index in [-0.39, 0.29) is 0 Å². The van der Waals surface area contributed by atoms with Gasteiger partial charge in [-0.2, -0.15) is 11.3 Å². The van der Waals surface area contributed by atoms with Crippen LogP contribution in [-0.2, 0) is 6.42 Å². The van der Waals surface area contributed by atoms with E-state index in [1.54, 1.807) is 23.5 Å². The maximum atomic E-state index is 11.4. The van der Waals surface area contributed by atoms with Crippen molar-refractivity contribution in [1.82, 2.24) is 9.55 Å². The fourth-order valence-corrected chi connectivity index (χ4v) is 3.73. The van der Waals surface area contributed by atoms with Crippen molar-refractivity contribution in [3.05, 3.63) is 52.0 Å². The minimum atomic E-state index is -0.414. The topological polar surface area (TPSA) is 60.9 Å². The third kappa shape index (κ3) is 3.01. The first-order valence-electron chi connectivity index (χ1n) is 7.95. The highest BCUT2D eigenvalue weighted by atomic mass is 32.1. The molecule has 23 heavy (non-hydrogen) atoms. The van der Waals surface area contributed by atoms with Gasteiger partial charge >= 0.3 is 0 Å². The summed E-state index contributed by atoms with van der Waals surface area (Å²) in [7, 11) is 0. The van der Waals surface area contributed by atoms with Crippen LogP contribution in [0.25, 0.3) is 11.0 Å². The SMILES string of the molecule is CCC(CC)n1c(Cc2ccsc2)nc2cc(C(N)=O)ccc21. The number of amides is 1. The summed E-state index contributed by atoms with van der Waals surface area (Å²) < 4.78 is 2.33. The Morgan fingerprint density at radius 3 is 2.70 bits per heavy atom. The average Bonchev–Trinajstić information content (AvgIpc) is 3.16. The molecule has 0 saturated carbocycles. The van der Waals surface area contributed by atoms with Gasteiger partial charge in [-0.15, -0.1) is 0 Å². The lowest BCUT2D eigenvalue weighted by molar-refractivity contribution is 0.100. The van der Waals surface area contributed by atoms with Crippen LogP contribution in [0.5, 0.6) is 0 Å². The highest BCUT2D eigenvalue weighted by molar-refractivity contribution is 7.07. The Morgan fingerprint density at radius 2 is 2.09 bits per heavy atom. The molecule has 0 spiro atoms. The van der Waals surface area contributed by atoms with E-state index in [0.29, 0.717) is 11.6 Å². The van der Waals surface area contributed by atoms with Crippen molar-refractivity contribution < 1.29 is 4.79 Å². The molecule has 0 unspecified atom stereocenters. The molecule has 1 aromatic carbocycles. The maximum absolute atomic E-state index is 11.4. The molecule has 3 aromatic rings. The number of primary amides is 1. The molecule has 0 aliphatic heterocycles. The molecule has 2 aromatic heterocycles. The molecule has 1 amide bonds. The van der Waals surface area contributed by atoms with Crippen molar-refractivity contribution in [2.45, 2.75) is 39.2 Å². The highest BCUT2D eigenvalue weighted by Crippen LogP contribution is 2.28. The first-order chi connectivity index (χ1) is 11.1. The largest absolute Gasteiger partial charge is 0.366 e. The fourth-order valence-electron chi connectivity index (χ4n) is 3.06. The molecular weight excluding hydrogens is 306 g/mol. The summed E-state index contributed by atoms with van der Waals surface area (Å²) in [5, 5.41) is 4.25. The molecule has 0 bridgehead atoms. The number of imidazole rings is 1. The lowest BCUT2D eigenvalue weighted by Gasteiger charge is -2.18. The Labute approximate surface area is 140 Å². The molecular formula is C18H21N3OS. The number of nitrogens with two attached hydrogens (primary N) is 1. The van der Waals surface area contributed by atoms with Crippen LogP contribution in [-0.4, -0.2) is 15.5 Å². The molecule has 0 aliphatic carbocycles. The number of fused-ring (bicyclic) bond motifs is 1. The van der Waals surface area contributed by atoms with E-state index in [1.807, 2.05) is 6.07 Å². The van der Waals surface area contributed by atoms with E-state index >= 15 is 0 Å². The number of thiophene rings is 1. The van der Waals surface area contributed by atoms with Crippen LogP contribution >= 0.6 is 11.3 Å². The monoisotopic (exact) mass is 327 g/mol. The molecule has 3 rings (SSSR count). The van der Waals surface area contributed by atoms with Gasteiger partial charge in [0.15, 0.2) is 0 Å². The van der Waals surface area contributed by atoms with Gasteiger partial charge in [-0.1, -0.05) is 13.8 Å². The standard InChI is InChI=1S/C18H21N3OS/c1-3-14(4-2)21-16-6-5-13(18(19)22)10-15(16)20-17(21)9-12-7-8-23-11-12/h5-8,10-11,14H,3-4,9H2,1-2H3,(H2,19,22). The van der Waals surface area contributed by atoms with Gasteiger partial charge in [0.05, 0.1) is 11.0 Å². The van der Waals surface area contributed by atoms with Crippen molar-refractivity contribution >= 4 is 28.3 Å². The van der Waals surface area contributed by atoms with Crippen LogP contribution in [0.15, 0.2) is 35.0 Å². The second-order valence-electron chi connectivity index (χ2n) is 5.74. The van der Waals surface area contributed by atoms with Crippen LogP contribution in [0.2, 0.25) is 0 Å². The van der Waals surface area contributed by atoms with Crippen molar-refractivity contribution in [2.24, 2.45) is 5.73 Å². The quantitative estimate of drug-likeness (QED) is 0.739. The summed E-state index contributed by atoms with van der Waals surface area (Å²) in [5.74, 6) is 0.636. The molecule has 5 heteroatoms. The molecule has 0 saturated heterocycles. The summed E-state index contributed by atoms with van der Waals surface area (Å²) in [4.78, 5) is 16.2. The zero-order valence-corrected chi connectivity index (χ0v) is 14.3. The van der Waals surface area contributed by atoms with Gasteiger partial charge in [-0.05, 0) is 53.4 Å². The summed E-state index contributed by atoms with van der Waals surface area (Å²) in [6, 6.07) is 8.11. The van der Waals surface area contributed by atoms with Gasteiger partial charge < -0.3 is 10.3 Å². The number of carbonyl (C=O) groups excluding carboxylic acids is 1. The van der Waals surface area contributed by atoms with Gasteiger partial charge in [0.1, 0.15) is 5.82 Å². The lowest BCUT2D eigenvalue weighted by Crippen LogP contribution is -2.12. The number of carbonyl (C=O) groups is 1. The molecule has 2 heterocycles. The first kappa shape index (κ1) is 15.7. The van der Waals surface area contributed by atoms with Gasteiger partial charge in [-0.25, -0.2) is 4.98 Å². The molecule has 120 valence electrons. The van der Waals surface area contributed by atoms with E-state index in [4.69, 9.17) is 10.7 Å². The van der Waals surface area contributed by atoms with Crippen LogP contribution in [0, 0.1) is 0 Å². The Morgan fingerprint density at radius 1 is 1.30 bits per heavy atom. The van der Waals surface area contributed by atoms with Crippen LogP contribution in [0.4, 0.5) is 0 Å². The van der Waals surface area contributed by atoms with Gasteiger partial charge in [0.25, 0.3) is 0 Å². The Balaban J connectivity index is 2.15. The van der Waals surface area contributed by atoms with E-state index in [1.165, 1.54) is 5.56 Å². The third-order valence-electron chi connectivity index (χ3n) is 4.30. The Kier molecular flexibility index (Phi) is 4.48. The van der Waals surface area contributed by atoms with Gasteiger partial charge in [-0.3, -0.25) is 4.79 Å². The second-order valence-corrected chi connectivity index (χ2v) is 6.52. The zero-order valence-electron chi connectivity index (χ0n) is 13.5. The van der Waals surface area contributed by atoms with Crippen molar-refractivity contribution in [3.63, 3.8) is 0 Å². The first-order valence-corrected chi connectivity index (χ1v) is 8.90. The predicted molar refractivity (Wildman–Crippen MR) is 95.0 cm³/mol. The molecule has 0 atom stereocenters. The number of benzene rings is 1. The smallest absolute Gasteiger partial charge is 0.248 e. The summed E-state index contributed by atoms with van der Waals surface area (Å²) in [6.07, 6.45) is 2.91. The average molecular weight is 327 g/mol. The van der Waals surface area contributed by atoms with E-state index in [0.717, 1.165) is 36.1 Å². The minimum absolute atomic E-state index is 0.410. The predicted octanol–water partition coefficient (Wildman–Crippen LogP) is 4.15. The molecule has 0 radical (unpaired) electrons. The number of hydrogen-bond donors (Lipinski definition) is 1. The number of hydrogen-bond acceptors (Lipinski definition) is 3. The molecule has 2 N–H and O–H groups in total. The normalized spacial score (nSPS) is 11.4. The maximum Gasteiger partial charge on any atom is 0.248 e. The van der Waals surface area contributed by atoms with Crippen molar-refractivity contribution in [2.75, 3.05) is 0 Å². The number of rotatable bonds is 6. The summed E-state index contributed by atoms with van der Waals surface area (Å²) >= 11 is 1.70. The van der Waals surface area contributed by atoms with Crippen molar-refractivity contribution in [1.29, 1.82) is 0 Å². The van der Waals surface area contributed by atoms with Crippen LogP contribution in [0.3, 0.4) is 0 Å². The molecule has 0 fully saturated rings. The minimum Gasteiger partial charge on any atom is -0.366 e. The van der Waals surface area contributed by atoms with Crippen LogP contribution in [0.1, 0.15) is 54.5 Å². The van der Waals surface area contributed by atoms with Gasteiger partial charge in [0, 0.05) is 18.0 Å². The fraction of sp³-hybridized carbons (Fsp3) is 0.333. The number of nitrogens with zero attached hydrogens (tertiary/aromatic N) is 2. The Bertz CT molecular complexity index is 816. The van der Waals surface area contributed by atoms with Crippen LogP contribution < -0.4 is 5.73 Å². The Hall–Kier alpha value is -2.14. The lowest BCUT2D eigenvalue weighted by atomic mass is 10.1. The third-order valence-corrected chi connectivity index (χ3v) is 5.03. The van der Waals surface area contributed by atoms with Gasteiger partial charge in [0.2, 0.25) is 5.91 Å². The highest BCUT2D eigenvalue weighted by Gasteiger charge is 2.18. The van der Waals surface area contributed by atoms with E-state index in [2.05, 4.69) is 35.2 Å². The summed E-state index contributed by atoms with van der Waals surface area (Å²) in [6.45, 7) is 4.40. The second kappa shape index (κ2) is 6.54. The van der Waals surface area contributed by atoms with E-state index < -0.39 is 5.91 Å².